The molecule has 0 aromatic rings. The highest BCUT2D eigenvalue weighted by molar-refractivity contribution is 4.87. The third kappa shape index (κ3) is 4.55. The van der Waals surface area contributed by atoms with Crippen molar-refractivity contribution in [2.45, 2.75) is 90.1 Å². The van der Waals surface area contributed by atoms with Crippen molar-refractivity contribution in [3.8, 4) is 0 Å². The second kappa shape index (κ2) is 6.52. The predicted octanol–water partition coefficient (Wildman–Crippen LogP) is 4.27. The quantitative estimate of drug-likeness (QED) is 0.620. The highest BCUT2D eigenvalue weighted by Gasteiger charge is 2.26. The second-order valence-electron chi connectivity index (χ2n) is 5.50. The molecule has 1 fully saturated rings. The van der Waals surface area contributed by atoms with Gasteiger partial charge in [-0.25, -0.2) is 0 Å². The summed E-state index contributed by atoms with van der Waals surface area (Å²) in [5, 5.41) is 3.90. The molecule has 1 rings (SSSR count). The number of nitrogens with one attached hydrogen (secondary N) is 1. The van der Waals surface area contributed by atoms with Gasteiger partial charge in [-0.15, -0.1) is 0 Å². The maximum Gasteiger partial charge on any atom is 0.0153 e. The summed E-state index contributed by atoms with van der Waals surface area (Å²) in [6.07, 6.45) is 12.4. The highest BCUT2D eigenvalue weighted by Crippen LogP contribution is 2.25. The molecule has 1 N–H and O–H groups in total. The first-order valence-corrected chi connectivity index (χ1v) is 6.98. The van der Waals surface area contributed by atoms with E-state index in [2.05, 4.69) is 26.1 Å². The molecule has 0 aliphatic heterocycles. The van der Waals surface area contributed by atoms with Crippen molar-refractivity contribution >= 4 is 0 Å². The van der Waals surface area contributed by atoms with Crippen LogP contribution in [0.5, 0.6) is 0 Å². The first-order chi connectivity index (χ1) is 7.20. The molecule has 1 unspecified atom stereocenters. The van der Waals surface area contributed by atoms with Crippen LogP contribution in [0.3, 0.4) is 0 Å². The normalized spacial score (nSPS) is 21.8. The Kier molecular flexibility index (Phi) is 5.66. The number of rotatable bonds is 7. The van der Waals surface area contributed by atoms with Gasteiger partial charge in [-0.2, -0.15) is 0 Å². The van der Waals surface area contributed by atoms with Gasteiger partial charge in [0.1, 0.15) is 0 Å². The predicted molar refractivity (Wildman–Crippen MR) is 68.2 cm³/mol. The largest absolute Gasteiger partial charge is 0.309 e. The Labute approximate surface area is 96.0 Å². The lowest BCUT2D eigenvalue weighted by molar-refractivity contribution is 0.272. The standard InChI is InChI=1S/C14H29N/c1-4-6-9-12-14(3,5-2)15-13-10-7-8-11-13/h13,15H,4-12H2,1-3H3. The van der Waals surface area contributed by atoms with Gasteiger partial charge in [-0.1, -0.05) is 46.0 Å². The van der Waals surface area contributed by atoms with E-state index in [0.29, 0.717) is 5.54 Å². The molecule has 1 aliphatic carbocycles. The summed E-state index contributed by atoms with van der Waals surface area (Å²) in [7, 11) is 0. The summed E-state index contributed by atoms with van der Waals surface area (Å²) < 4.78 is 0. The van der Waals surface area contributed by atoms with Gasteiger partial charge in [-0.05, 0) is 32.6 Å². The van der Waals surface area contributed by atoms with Gasteiger partial charge in [0.05, 0.1) is 0 Å². The molecule has 0 heterocycles. The molecule has 0 aromatic heterocycles. The minimum atomic E-state index is 0.407. The Morgan fingerprint density at radius 3 is 2.33 bits per heavy atom. The second-order valence-corrected chi connectivity index (χ2v) is 5.50. The molecule has 0 aromatic carbocycles. The number of hydrogen-bond acceptors (Lipinski definition) is 1. The molecule has 15 heavy (non-hydrogen) atoms. The van der Waals surface area contributed by atoms with Crippen LogP contribution in [0.15, 0.2) is 0 Å². The number of hydrogen-bond donors (Lipinski definition) is 1. The topological polar surface area (TPSA) is 12.0 Å². The molecule has 0 saturated heterocycles. The molecular weight excluding hydrogens is 182 g/mol. The van der Waals surface area contributed by atoms with Crippen LogP contribution < -0.4 is 5.32 Å². The Morgan fingerprint density at radius 1 is 1.13 bits per heavy atom. The average Bonchev–Trinajstić information content (AvgIpc) is 2.71. The summed E-state index contributed by atoms with van der Waals surface area (Å²) in [5.41, 5.74) is 0.407. The van der Waals surface area contributed by atoms with Gasteiger partial charge in [-0.3, -0.25) is 0 Å². The zero-order chi connectivity index (χ0) is 11.1. The zero-order valence-corrected chi connectivity index (χ0v) is 10.9. The van der Waals surface area contributed by atoms with Crippen LogP contribution in [-0.4, -0.2) is 11.6 Å². The molecule has 0 radical (unpaired) electrons. The number of unbranched alkanes of at least 4 members (excludes halogenated alkanes) is 2. The molecule has 1 saturated carbocycles. The fourth-order valence-electron chi connectivity index (χ4n) is 2.68. The third-order valence-electron chi connectivity index (χ3n) is 4.02. The summed E-state index contributed by atoms with van der Waals surface area (Å²) in [4.78, 5) is 0. The van der Waals surface area contributed by atoms with Gasteiger partial charge in [0.25, 0.3) is 0 Å². The van der Waals surface area contributed by atoms with Crippen LogP contribution >= 0.6 is 0 Å². The Hall–Kier alpha value is -0.0400. The summed E-state index contributed by atoms with van der Waals surface area (Å²) >= 11 is 0. The van der Waals surface area contributed by atoms with Crippen molar-refractivity contribution in [2.24, 2.45) is 0 Å². The fraction of sp³-hybridized carbons (Fsp3) is 1.00. The summed E-state index contributed by atoms with van der Waals surface area (Å²) in [6.45, 7) is 7.03. The van der Waals surface area contributed by atoms with Crippen LogP contribution in [0.25, 0.3) is 0 Å². The van der Waals surface area contributed by atoms with E-state index >= 15 is 0 Å². The zero-order valence-electron chi connectivity index (χ0n) is 10.9. The van der Waals surface area contributed by atoms with Crippen molar-refractivity contribution in [2.75, 3.05) is 0 Å². The Morgan fingerprint density at radius 2 is 1.80 bits per heavy atom. The van der Waals surface area contributed by atoms with E-state index in [4.69, 9.17) is 0 Å². The lowest BCUT2D eigenvalue weighted by Crippen LogP contribution is -2.46. The maximum atomic E-state index is 3.90. The molecule has 0 bridgehead atoms. The van der Waals surface area contributed by atoms with Crippen molar-refractivity contribution < 1.29 is 0 Å². The minimum absolute atomic E-state index is 0.407. The monoisotopic (exact) mass is 211 g/mol. The molecule has 0 amide bonds. The summed E-state index contributed by atoms with van der Waals surface area (Å²) in [5.74, 6) is 0. The molecule has 1 aliphatic rings. The van der Waals surface area contributed by atoms with E-state index < -0.39 is 0 Å². The van der Waals surface area contributed by atoms with Crippen molar-refractivity contribution in [1.29, 1.82) is 0 Å². The van der Waals surface area contributed by atoms with Crippen LogP contribution in [-0.2, 0) is 0 Å². The van der Waals surface area contributed by atoms with Gasteiger partial charge < -0.3 is 5.32 Å². The van der Waals surface area contributed by atoms with Crippen molar-refractivity contribution in [3.05, 3.63) is 0 Å². The van der Waals surface area contributed by atoms with Crippen molar-refractivity contribution in [1.82, 2.24) is 5.32 Å². The van der Waals surface area contributed by atoms with E-state index in [9.17, 15) is 0 Å². The first kappa shape index (κ1) is 13.0. The lowest BCUT2D eigenvalue weighted by atomic mass is 9.90. The lowest BCUT2D eigenvalue weighted by Gasteiger charge is -2.33. The van der Waals surface area contributed by atoms with Gasteiger partial charge >= 0.3 is 0 Å². The highest BCUT2D eigenvalue weighted by atomic mass is 15.0. The van der Waals surface area contributed by atoms with Crippen LogP contribution in [0.1, 0.15) is 78.6 Å². The molecule has 1 heteroatoms. The van der Waals surface area contributed by atoms with Gasteiger partial charge in [0, 0.05) is 11.6 Å². The van der Waals surface area contributed by atoms with Crippen molar-refractivity contribution in [3.63, 3.8) is 0 Å². The van der Waals surface area contributed by atoms with Crippen LogP contribution in [0, 0.1) is 0 Å². The van der Waals surface area contributed by atoms with E-state index in [-0.39, 0.29) is 0 Å². The van der Waals surface area contributed by atoms with Crippen LogP contribution in [0.4, 0.5) is 0 Å². The van der Waals surface area contributed by atoms with E-state index in [1.54, 1.807) is 0 Å². The third-order valence-corrected chi connectivity index (χ3v) is 4.02. The first-order valence-electron chi connectivity index (χ1n) is 6.98. The summed E-state index contributed by atoms with van der Waals surface area (Å²) in [6, 6.07) is 0.816. The average molecular weight is 211 g/mol. The molecule has 1 atom stereocenters. The van der Waals surface area contributed by atoms with E-state index in [1.165, 1.54) is 57.8 Å². The molecule has 0 spiro atoms. The fourth-order valence-corrected chi connectivity index (χ4v) is 2.68. The molecule has 90 valence electrons. The minimum Gasteiger partial charge on any atom is -0.309 e. The van der Waals surface area contributed by atoms with E-state index in [1.807, 2.05) is 0 Å². The Bertz CT molecular complexity index is 161. The smallest absolute Gasteiger partial charge is 0.0153 e. The van der Waals surface area contributed by atoms with E-state index in [0.717, 1.165) is 6.04 Å². The van der Waals surface area contributed by atoms with Gasteiger partial charge in [0.15, 0.2) is 0 Å². The molecular formula is C14H29N. The Balaban J connectivity index is 2.29. The SMILES string of the molecule is CCCCCC(C)(CC)NC1CCCC1. The maximum absolute atomic E-state index is 3.90. The van der Waals surface area contributed by atoms with Gasteiger partial charge in [0.2, 0.25) is 0 Å². The van der Waals surface area contributed by atoms with Crippen LogP contribution in [0.2, 0.25) is 0 Å². The molecule has 1 nitrogen and oxygen atoms in total.